The van der Waals surface area contributed by atoms with E-state index in [1.54, 1.807) is 30.0 Å². The molecule has 1 aliphatic heterocycles. The van der Waals surface area contributed by atoms with E-state index in [0.29, 0.717) is 31.2 Å². The summed E-state index contributed by atoms with van der Waals surface area (Å²) in [5.41, 5.74) is 6.33. The van der Waals surface area contributed by atoms with Gasteiger partial charge in [0, 0.05) is 38.8 Å². The lowest BCUT2D eigenvalue weighted by Gasteiger charge is -2.37. The van der Waals surface area contributed by atoms with Crippen molar-refractivity contribution in [2.75, 3.05) is 32.7 Å². The minimum Gasteiger partial charge on any atom is -0.336 e. The lowest BCUT2D eigenvalue weighted by atomic mass is 10.1. The third-order valence-electron chi connectivity index (χ3n) is 3.99. The lowest BCUT2D eigenvalue weighted by Crippen LogP contribution is -2.52. The third-order valence-corrected chi connectivity index (χ3v) is 3.99. The van der Waals surface area contributed by atoms with Crippen molar-refractivity contribution in [3.63, 3.8) is 0 Å². The molecule has 1 aromatic carbocycles. The predicted molar refractivity (Wildman–Crippen MR) is 77.1 cm³/mol. The van der Waals surface area contributed by atoms with Crippen molar-refractivity contribution in [3.8, 4) is 0 Å². The summed E-state index contributed by atoms with van der Waals surface area (Å²) in [7, 11) is 0. The molecule has 1 atom stereocenters. The van der Waals surface area contributed by atoms with Crippen LogP contribution in [0.25, 0.3) is 0 Å². The van der Waals surface area contributed by atoms with Gasteiger partial charge in [0.25, 0.3) is 5.91 Å². The Morgan fingerprint density at radius 1 is 1.35 bits per heavy atom. The van der Waals surface area contributed by atoms with Gasteiger partial charge >= 0.3 is 0 Å². The van der Waals surface area contributed by atoms with E-state index < -0.39 is 5.82 Å². The molecule has 0 aliphatic carbocycles. The highest BCUT2D eigenvalue weighted by Crippen LogP contribution is 2.16. The zero-order valence-corrected chi connectivity index (χ0v) is 12.1. The minimum absolute atomic E-state index is 0.172. The fourth-order valence-electron chi connectivity index (χ4n) is 2.50. The van der Waals surface area contributed by atoms with Crippen molar-refractivity contribution >= 4 is 5.91 Å². The third kappa shape index (κ3) is 2.99. The van der Waals surface area contributed by atoms with Gasteiger partial charge in [-0.05, 0) is 25.5 Å². The second kappa shape index (κ2) is 6.33. The van der Waals surface area contributed by atoms with E-state index in [9.17, 15) is 9.18 Å². The van der Waals surface area contributed by atoms with E-state index in [-0.39, 0.29) is 11.5 Å². The molecule has 0 radical (unpaired) electrons. The van der Waals surface area contributed by atoms with Crippen molar-refractivity contribution < 1.29 is 9.18 Å². The van der Waals surface area contributed by atoms with Gasteiger partial charge in [-0.25, -0.2) is 4.39 Å². The highest BCUT2D eigenvalue weighted by Gasteiger charge is 2.25. The van der Waals surface area contributed by atoms with Crippen LogP contribution in [0.3, 0.4) is 0 Å². The zero-order chi connectivity index (χ0) is 14.7. The molecule has 0 bridgehead atoms. The Morgan fingerprint density at radius 2 is 2.00 bits per heavy atom. The Balaban J connectivity index is 2.03. The predicted octanol–water partition coefficient (Wildman–Crippen LogP) is 1.24. The van der Waals surface area contributed by atoms with Crippen molar-refractivity contribution in [1.82, 2.24) is 9.80 Å². The Hall–Kier alpha value is -1.46. The fourth-order valence-corrected chi connectivity index (χ4v) is 2.50. The number of hydrogen-bond donors (Lipinski definition) is 1. The highest BCUT2D eigenvalue weighted by atomic mass is 19.1. The highest BCUT2D eigenvalue weighted by molar-refractivity contribution is 5.94. The van der Waals surface area contributed by atoms with E-state index in [4.69, 9.17) is 5.73 Å². The van der Waals surface area contributed by atoms with Crippen molar-refractivity contribution in [2.24, 2.45) is 5.73 Å². The maximum Gasteiger partial charge on any atom is 0.256 e. The maximum atomic E-state index is 14.0. The van der Waals surface area contributed by atoms with E-state index in [1.165, 1.54) is 0 Å². The molecule has 5 heteroatoms. The number of nitrogens with two attached hydrogens (primary N) is 1. The average Bonchev–Trinajstić information content (AvgIpc) is 2.48. The summed E-state index contributed by atoms with van der Waals surface area (Å²) in [6.45, 7) is 7.19. The number of rotatable bonds is 3. The average molecular weight is 279 g/mol. The van der Waals surface area contributed by atoms with Crippen LogP contribution in [-0.4, -0.2) is 54.5 Å². The first-order valence-corrected chi connectivity index (χ1v) is 7.03. The van der Waals surface area contributed by atoms with Crippen LogP contribution in [0.4, 0.5) is 4.39 Å². The number of aryl methyl sites for hydroxylation is 1. The Bertz CT molecular complexity index is 484. The Kier molecular flexibility index (Phi) is 4.73. The van der Waals surface area contributed by atoms with Crippen molar-refractivity contribution in [3.05, 3.63) is 35.1 Å². The fraction of sp³-hybridized carbons (Fsp3) is 0.533. The van der Waals surface area contributed by atoms with E-state index in [1.807, 2.05) is 0 Å². The molecular formula is C15H22FN3O. The smallest absolute Gasteiger partial charge is 0.256 e. The molecule has 1 fully saturated rings. The van der Waals surface area contributed by atoms with Gasteiger partial charge in [0.2, 0.25) is 0 Å². The summed E-state index contributed by atoms with van der Waals surface area (Å²) in [6.07, 6.45) is 0. The van der Waals surface area contributed by atoms with Gasteiger partial charge in [0.1, 0.15) is 5.82 Å². The molecule has 1 aliphatic rings. The van der Waals surface area contributed by atoms with Crippen LogP contribution in [-0.2, 0) is 0 Å². The van der Waals surface area contributed by atoms with Crippen LogP contribution in [0.5, 0.6) is 0 Å². The molecule has 0 spiro atoms. The monoisotopic (exact) mass is 279 g/mol. The van der Waals surface area contributed by atoms with Gasteiger partial charge in [-0.3, -0.25) is 9.69 Å². The minimum atomic E-state index is -0.407. The SMILES string of the molecule is Cc1cccc(C(=O)N2CCN(C(C)CN)CC2)c1F. The first-order chi connectivity index (χ1) is 9.54. The molecular weight excluding hydrogens is 257 g/mol. The molecule has 2 rings (SSSR count). The van der Waals surface area contributed by atoms with Gasteiger partial charge in [-0.1, -0.05) is 12.1 Å². The standard InChI is InChI=1S/C15H22FN3O/c1-11-4-3-5-13(14(11)16)15(20)19-8-6-18(7-9-19)12(2)10-17/h3-5,12H,6-10,17H2,1-2H3. The Morgan fingerprint density at radius 3 is 2.60 bits per heavy atom. The lowest BCUT2D eigenvalue weighted by molar-refractivity contribution is 0.0584. The van der Waals surface area contributed by atoms with Gasteiger partial charge in [0.15, 0.2) is 0 Å². The quantitative estimate of drug-likeness (QED) is 0.905. The van der Waals surface area contributed by atoms with Gasteiger partial charge in [0.05, 0.1) is 5.56 Å². The van der Waals surface area contributed by atoms with Crippen LogP contribution in [0.2, 0.25) is 0 Å². The number of benzene rings is 1. The molecule has 0 aromatic heterocycles. The normalized spacial score (nSPS) is 18.1. The number of amides is 1. The number of nitrogens with zero attached hydrogens (tertiary/aromatic N) is 2. The molecule has 110 valence electrons. The van der Waals surface area contributed by atoms with E-state index in [2.05, 4.69) is 11.8 Å². The molecule has 2 N–H and O–H groups in total. The second-order valence-electron chi connectivity index (χ2n) is 5.35. The summed E-state index contributed by atoms with van der Waals surface area (Å²) in [5, 5.41) is 0. The molecule has 1 amide bonds. The first kappa shape index (κ1) is 14.9. The van der Waals surface area contributed by atoms with Gasteiger partial charge < -0.3 is 10.6 Å². The molecule has 1 aromatic rings. The van der Waals surface area contributed by atoms with Gasteiger partial charge in [-0.2, -0.15) is 0 Å². The maximum absolute atomic E-state index is 14.0. The first-order valence-electron chi connectivity index (χ1n) is 7.03. The summed E-state index contributed by atoms with van der Waals surface area (Å²) >= 11 is 0. The summed E-state index contributed by atoms with van der Waals surface area (Å²) in [4.78, 5) is 16.3. The number of piperazine rings is 1. The molecule has 1 heterocycles. The molecule has 4 nitrogen and oxygen atoms in total. The number of carbonyl (C=O) groups is 1. The van der Waals surface area contributed by atoms with Crippen LogP contribution >= 0.6 is 0 Å². The Labute approximate surface area is 119 Å². The van der Waals surface area contributed by atoms with Gasteiger partial charge in [-0.15, -0.1) is 0 Å². The van der Waals surface area contributed by atoms with Crippen LogP contribution in [0.1, 0.15) is 22.8 Å². The molecule has 0 saturated carbocycles. The van der Waals surface area contributed by atoms with E-state index in [0.717, 1.165) is 13.1 Å². The summed E-state index contributed by atoms with van der Waals surface area (Å²) < 4.78 is 14.0. The number of carbonyl (C=O) groups excluding carboxylic acids is 1. The van der Waals surface area contributed by atoms with Crippen molar-refractivity contribution in [1.29, 1.82) is 0 Å². The van der Waals surface area contributed by atoms with Crippen LogP contribution < -0.4 is 5.73 Å². The second-order valence-corrected chi connectivity index (χ2v) is 5.35. The number of hydrogen-bond acceptors (Lipinski definition) is 3. The zero-order valence-electron chi connectivity index (χ0n) is 12.1. The number of halogens is 1. The summed E-state index contributed by atoms with van der Waals surface area (Å²) in [5.74, 6) is -0.624. The van der Waals surface area contributed by atoms with Crippen LogP contribution in [0, 0.1) is 12.7 Å². The largest absolute Gasteiger partial charge is 0.336 e. The van der Waals surface area contributed by atoms with E-state index >= 15 is 0 Å². The van der Waals surface area contributed by atoms with Crippen molar-refractivity contribution in [2.45, 2.75) is 19.9 Å². The molecule has 1 saturated heterocycles. The van der Waals surface area contributed by atoms with Crippen LogP contribution in [0.15, 0.2) is 18.2 Å². The molecule has 20 heavy (non-hydrogen) atoms. The molecule has 1 unspecified atom stereocenters. The summed E-state index contributed by atoms with van der Waals surface area (Å²) in [6, 6.07) is 5.27. The topological polar surface area (TPSA) is 49.6 Å².